The first-order valence-electron chi connectivity index (χ1n) is 5.52. The first-order chi connectivity index (χ1) is 8.69. The number of carbonyl (C=O) groups excluding carboxylic acids is 1. The van der Waals surface area contributed by atoms with E-state index in [4.69, 9.17) is 10.5 Å². The van der Waals surface area contributed by atoms with Crippen LogP contribution in [0.3, 0.4) is 0 Å². The van der Waals surface area contributed by atoms with Crippen LogP contribution in [-0.4, -0.2) is 22.9 Å². The van der Waals surface area contributed by atoms with Gasteiger partial charge in [0.05, 0.1) is 11.8 Å². The third-order valence-electron chi connectivity index (χ3n) is 2.92. The van der Waals surface area contributed by atoms with Gasteiger partial charge in [-0.2, -0.15) is 0 Å². The van der Waals surface area contributed by atoms with Crippen molar-refractivity contribution in [3.8, 4) is 5.88 Å². The number of ketones is 1. The van der Waals surface area contributed by atoms with Crippen LogP contribution in [-0.2, 0) is 4.79 Å². The summed E-state index contributed by atoms with van der Waals surface area (Å²) in [6, 6.07) is 0. The molecule has 0 radical (unpaired) electrons. The summed E-state index contributed by atoms with van der Waals surface area (Å²) in [6.07, 6.45) is 4.72. The van der Waals surface area contributed by atoms with E-state index in [0.717, 1.165) is 22.3 Å². The number of hydrogen-bond acceptors (Lipinski definition) is 6. The monoisotopic (exact) mass is 261 g/mol. The van der Waals surface area contributed by atoms with Crippen molar-refractivity contribution in [1.82, 2.24) is 9.97 Å². The molecule has 0 atom stereocenters. The molecular weight excluding hydrogens is 250 g/mol. The fourth-order valence-corrected chi connectivity index (χ4v) is 2.96. The Labute approximate surface area is 107 Å². The van der Waals surface area contributed by atoms with Crippen LogP contribution in [0.2, 0.25) is 0 Å². The Balaban J connectivity index is 2.25. The number of nitrogen functional groups attached to an aromatic ring is 1. The summed E-state index contributed by atoms with van der Waals surface area (Å²) in [5, 5.41) is 0.475. The van der Waals surface area contributed by atoms with E-state index in [1.807, 2.05) is 0 Å². The zero-order valence-electron chi connectivity index (χ0n) is 9.77. The van der Waals surface area contributed by atoms with Crippen molar-refractivity contribution in [2.75, 3.05) is 12.8 Å². The van der Waals surface area contributed by atoms with Crippen molar-refractivity contribution >= 4 is 38.0 Å². The summed E-state index contributed by atoms with van der Waals surface area (Å²) in [7, 11) is 1.55. The van der Waals surface area contributed by atoms with E-state index in [9.17, 15) is 4.79 Å². The minimum Gasteiger partial charge on any atom is -0.479 e. The lowest BCUT2D eigenvalue weighted by atomic mass is 10.1. The number of carbonyl (C=O) groups is 1. The highest BCUT2D eigenvalue weighted by atomic mass is 32.1. The van der Waals surface area contributed by atoms with Crippen LogP contribution in [0.4, 0.5) is 5.13 Å². The maximum absolute atomic E-state index is 11.3. The van der Waals surface area contributed by atoms with Gasteiger partial charge in [-0.25, -0.2) is 9.97 Å². The predicted octanol–water partition coefficient (Wildman–Crippen LogP) is 2.03. The van der Waals surface area contributed by atoms with Crippen molar-refractivity contribution in [2.24, 2.45) is 0 Å². The number of nitrogens with zero attached hydrogens (tertiary/aromatic N) is 2. The molecule has 0 spiro atoms. The van der Waals surface area contributed by atoms with Gasteiger partial charge in [0.1, 0.15) is 5.52 Å². The van der Waals surface area contributed by atoms with Crippen LogP contribution >= 0.6 is 11.3 Å². The summed E-state index contributed by atoms with van der Waals surface area (Å²) < 4.78 is 6.10. The SMILES string of the molecule is COc1ncc(C2=CC(=O)CC2)c2sc(N)nc12. The number of rotatable bonds is 2. The summed E-state index contributed by atoms with van der Waals surface area (Å²) in [6.45, 7) is 0. The molecule has 2 aromatic rings. The largest absolute Gasteiger partial charge is 0.479 e. The molecule has 1 aliphatic carbocycles. The maximum atomic E-state index is 11.3. The van der Waals surface area contributed by atoms with Gasteiger partial charge in [0.2, 0.25) is 5.88 Å². The van der Waals surface area contributed by atoms with E-state index in [1.165, 1.54) is 11.3 Å². The highest BCUT2D eigenvalue weighted by Crippen LogP contribution is 2.37. The number of nitrogens with two attached hydrogens (primary N) is 1. The number of thiazole rings is 1. The van der Waals surface area contributed by atoms with Gasteiger partial charge in [0, 0.05) is 18.2 Å². The van der Waals surface area contributed by atoms with Crippen molar-refractivity contribution in [2.45, 2.75) is 12.8 Å². The number of ether oxygens (including phenoxy) is 1. The lowest BCUT2D eigenvalue weighted by Gasteiger charge is -2.05. The predicted molar refractivity (Wildman–Crippen MR) is 70.6 cm³/mol. The van der Waals surface area contributed by atoms with Gasteiger partial charge in [-0.3, -0.25) is 4.79 Å². The van der Waals surface area contributed by atoms with E-state index < -0.39 is 0 Å². The van der Waals surface area contributed by atoms with Crippen LogP contribution in [0, 0.1) is 0 Å². The number of anilines is 1. The normalized spacial score (nSPS) is 15.2. The Bertz CT molecular complexity index is 675. The fourth-order valence-electron chi connectivity index (χ4n) is 2.09. The summed E-state index contributed by atoms with van der Waals surface area (Å²) >= 11 is 1.39. The number of methoxy groups -OCH3 is 1. The van der Waals surface area contributed by atoms with E-state index in [0.29, 0.717) is 22.9 Å². The van der Waals surface area contributed by atoms with Crippen LogP contribution in [0.25, 0.3) is 15.8 Å². The van der Waals surface area contributed by atoms with Gasteiger partial charge >= 0.3 is 0 Å². The molecule has 0 fully saturated rings. The molecule has 0 unspecified atom stereocenters. The number of allylic oxidation sites excluding steroid dienone is 2. The molecule has 0 aliphatic heterocycles. The smallest absolute Gasteiger partial charge is 0.241 e. The zero-order valence-corrected chi connectivity index (χ0v) is 10.6. The minimum absolute atomic E-state index is 0.159. The maximum Gasteiger partial charge on any atom is 0.241 e. The third kappa shape index (κ3) is 1.65. The average Bonchev–Trinajstić information content (AvgIpc) is 2.93. The number of pyridine rings is 1. The second-order valence-corrected chi connectivity index (χ2v) is 5.08. The molecule has 6 heteroatoms. The van der Waals surface area contributed by atoms with Gasteiger partial charge in [-0.1, -0.05) is 11.3 Å². The highest BCUT2D eigenvalue weighted by Gasteiger charge is 2.19. The topological polar surface area (TPSA) is 78.1 Å². The van der Waals surface area contributed by atoms with Crippen LogP contribution in [0.5, 0.6) is 5.88 Å². The molecule has 1 aliphatic rings. The molecule has 2 aromatic heterocycles. The zero-order chi connectivity index (χ0) is 12.7. The van der Waals surface area contributed by atoms with Crippen LogP contribution in [0.15, 0.2) is 12.3 Å². The molecule has 5 nitrogen and oxygen atoms in total. The number of fused-ring (bicyclic) bond motifs is 1. The van der Waals surface area contributed by atoms with Gasteiger partial charge in [0.15, 0.2) is 10.9 Å². The van der Waals surface area contributed by atoms with Gasteiger partial charge in [-0.15, -0.1) is 0 Å². The van der Waals surface area contributed by atoms with Crippen molar-refractivity contribution < 1.29 is 9.53 Å². The molecule has 2 heterocycles. The molecule has 2 N–H and O–H groups in total. The lowest BCUT2D eigenvalue weighted by Crippen LogP contribution is -1.92. The van der Waals surface area contributed by atoms with E-state index in [1.54, 1.807) is 19.4 Å². The Morgan fingerprint density at radius 2 is 2.28 bits per heavy atom. The third-order valence-corrected chi connectivity index (χ3v) is 3.83. The quantitative estimate of drug-likeness (QED) is 0.894. The van der Waals surface area contributed by atoms with Crippen molar-refractivity contribution in [3.63, 3.8) is 0 Å². The molecule has 0 saturated heterocycles. The molecule has 92 valence electrons. The molecular formula is C12H11N3O2S. The van der Waals surface area contributed by atoms with Crippen LogP contribution in [0.1, 0.15) is 18.4 Å². The Morgan fingerprint density at radius 1 is 1.44 bits per heavy atom. The first kappa shape index (κ1) is 11.2. The fraction of sp³-hybridized carbons (Fsp3) is 0.250. The second kappa shape index (κ2) is 4.06. The standard InChI is InChI=1S/C12H11N3O2S/c1-17-11-9-10(18-12(13)15-9)8(5-14-11)6-2-3-7(16)4-6/h4-5H,2-3H2,1H3,(H2,13,15). The van der Waals surface area contributed by atoms with E-state index >= 15 is 0 Å². The molecule has 3 rings (SSSR count). The van der Waals surface area contributed by atoms with E-state index in [-0.39, 0.29) is 5.78 Å². The molecule has 18 heavy (non-hydrogen) atoms. The Morgan fingerprint density at radius 3 is 2.94 bits per heavy atom. The minimum atomic E-state index is 0.159. The van der Waals surface area contributed by atoms with Crippen LogP contribution < -0.4 is 10.5 Å². The molecule has 0 aromatic carbocycles. The molecule has 0 bridgehead atoms. The lowest BCUT2D eigenvalue weighted by molar-refractivity contribution is -0.114. The molecule has 0 amide bonds. The number of hydrogen-bond donors (Lipinski definition) is 1. The van der Waals surface area contributed by atoms with Crippen molar-refractivity contribution in [3.05, 3.63) is 17.8 Å². The summed E-state index contributed by atoms with van der Waals surface area (Å²) in [4.78, 5) is 19.8. The highest BCUT2D eigenvalue weighted by molar-refractivity contribution is 7.22. The summed E-state index contributed by atoms with van der Waals surface area (Å²) in [5.41, 5.74) is 8.35. The average molecular weight is 261 g/mol. The van der Waals surface area contributed by atoms with Gasteiger partial charge in [-0.05, 0) is 18.1 Å². The molecule has 0 saturated carbocycles. The Kier molecular flexibility index (Phi) is 2.52. The van der Waals surface area contributed by atoms with Gasteiger partial charge < -0.3 is 10.5 Å². The number of aromatic nitrogens is 2. The second-order valence-electron chi connectivity index (χ2n) is 4.05. The summed E-state index contributed by atoms with van der Waals surface area (Å²) in [5.74, 6) is 0.623. The van der Waals surface area contributed by atoms with Crippen molar-refractivity contribution in [1.29, 1.82) is 0 Å². The first-order valence-corrected chi connectivity index (χ1v) is 6.33. The van der Waals surface area contributed by atoms with E-state index in [2.05, 4.69) is 9.97 Å². The van der Waals surface area contributed by atoms with Gasteiger partial charge in [0.25, 0.3) is 0 Å². The Hall–Kier alpha value is -1.95.